The highest BCUT2D eigenvalue weighted by atomic mass is 32.2. The first-order valence-electron chi connectivity index (χ1n) is 10.0. The molecule has 0 unspecified atom stereocenters. The number of aryl methyl sites for hydroxylation is 1. The summed E-state index contributed by atoms with van der Waals surface area (Å²) < 4.78 is 1.93. The van der Waals surface area contributed by atoms with Crippen LogP contribution in [0.3, 0.4) is 0 Å². The Kier molecular flexibility index (Phi) is 6.53. The van der Waals surface area contributed by atoms with Gasteiger partial charge in [-0.3, -0.25) is 14.2 Å². The number of carbonyl (C=O) groups is 2. The second-order valence-corrected chi connectivity index (χ2v) is 9.24. The van der Waals surface area contributed by atoms with Gasteiger partial charge in [-0.15, -0.1) is 28.1 Å². The van der Waals surface area contributed by atoms with Crippen LogP contribution in [0.1, 0.15) is 33.6 Å². The van der Waals surface area contributed by atoms with Gasteiger partial charge in [0, 0.05) is 17.0 Å². The van der Waals surface area contributed by atoms with Crippen LogP contribution in [-0.4, -0.2) is 32.3 Å². The minimum absolute atomic E-state index is 0.144. The Morgan fingerprint density at radius 3 is 2.74 bits per heavy atom. The van der Waals surface area contributed by atoms with Gasteiger partial charge in [0.2, 0.25) is 5.91 Å². The summed E-state index contributed by atoms with van der Waals surface area (Å²) in [6.45, 7) is 4.35. The lowest BCUT2D eigenvalue weighted by Crippen LogP contribution is -2.19. The van der Waals surface area contributed by atoms with Crippen molar-refractivity contribution >= 4 is 39.9 Å². The maximum Gasteiger partial charge on any atom is 0.251 e. The van der Waals surface area contributed by atoms with Gasteiger partial charge in [0.25, 0.3) is 5.91 Å². The first-order valence-corrected chi connectivity index (χ1v) is 11.8. The number of hydrogen-bond donors (Lipinski definition) is 2. The number of nitrogens with zero attached hydrogens (tertiary/aromatic N) is 3. The molecular weight excluding hydrogens is 430 g/mol. The zero-order chi connectivity index (χ0) is 21.8. The van der Waals surface area contributed by atoms with E-state index in [0.29, 0.717) is 22.3 Å². The van der Waals surface area contributed by atoms with Crippen molar-refractivity contribution in [3.63, 3.8) is 0 Å². The fourth-order valence-corrected chi connectivity index (χ4v) is 5.76. The number of allylic oxidation sites excluding steroid dienone is 1. The number of hydrogen-bond acceptors (Lipinski definition) is 6. The minimum Gasteiger partial charge on any atom is -0.365 e. The van der Waals surface area contributed by atoms with E-state index in [4.69, 9.17) is 5.73 Å². The van der Waals surface area contributed by atoms with Crippen LogP contribution in [0.5, 0.6) is 0 Å². The Morgan fingerprint density at radius 1 is 1.23 bits per heavy atom. The first-order chi connectivity index (χ1) is 15.1. The number of nitrogens with two attached hydrogens (primary N) is 1. The Hall–Kier alpha value is -2.91. The summed E-state index contributed by atoms with van der Waals surface area (Å²) in [7, 11) is 0. The molecule has 31 heavy (non-hydrogen) atoms. The summed E-state index contributed by atoms with van der Waals surface area (Å²) in [5.41, 5.74) is 8.04. The predicted molar refractivity (Wildman–Crippen MR) is 124 cm³/mol. The van der Waals surface area contributed by atoms with Crippen LogP contribution in [-0.2, 0) is 24.2 Å². The maximum absolute atomic E-state index is 12.7. The van der Waals surface area contributed by atoms with Crippen LogP contribution in [0.2, 0.25) is 0 Å². The quantitative estimate of drug-likeness (QED) is 0.398. The topological polar surface area (TPSA) is 103 Å². The van der Waals surface area contributed by atoms with E-state index in [9.17, 15) is 9.59 Å². The molecule has 0 aliphatic heterocycles. The van der Waals surface area contributed by atoms with Gasteiger partial charge >= 0.3 is 0 Å². The van der Waals surface area contributed by atoms with E-state index < -0.39 is 5.91 Å². The van der Waals surface area contributed by atoms with Crippen molar-refractivity contribution in [3.8, 4) is 11.4 Å². The van der Waals surface area contributed by atoms with E-state index in [0.717, 1.165) is 47.5 Å². The van der Waals surface area contributed by atoms with Crippen LogP contribution in [0.4, 0.5) is 5.00 Å². The van der Waals surface area contributed by atoms with Crippen LogP contribution in [0.25, 0.3) is 11.4 Å². The predicted octanol–water partition coefficient (Wildman–Crippen LogP) is 3.90. The van der Waals surface area contributed by atoms with E-state index in [1.807, 2.05) is 34.9 Å². The molecular formula is C22H23N5O2S2. The molecule has 2 heterocycles. The molecule has 1 aliphatic rings. The monoisotopic (exact) mass is 453 g/mol. The summed E-state index contributed by atoms with van der Waals surface area (Å²) in [5.74, 6) is 0.177. The largest absolute Gasteiger partial charge is 0.365 e. The smallest absolute Gasteiger partial charge is 0.251 e. The fourth-order valence-electron chi connectivity index (χ4n) is 3.70. The molecule has 0 fully saturated rings. The molecule has 9 heteroatoms. The average Bonchev–Trinajstić information content (AvgIpc) is 3.34. The van der Waals surface area contributed by atoms with Crippen LogP contribution >= 0.6 is 23.1 Å². The van der Waals surface area contributed by atoms with Gasteiger partial charge in [-0.25, -0.2) is 0 Å². The van der Waals surface area contributed by atoms with Gasteiger partial charge in [-0.05, 0) is 31.2 Å². The number of primary amides is 1. The molecule has 3 aromatic rings. The standard InChI is InChI=1S/C22H23N5O2S2/c1-2-12-27-20(14-8-4-3-5-9-14)25-26-22(27)30-13-17(28)24-21-18(19(23)29)15-10-6-7-11-16(15)31-21/h2-5,8-9H,1,6-7,10-13H2,(H2,23,29)(H,24,28). The number of rotatable bonds is 8. The molecule has 4 rings (SSSR count). The third kappa shape index (κ3) is 4.57. The van der Waals surface area contributed by atoms with Gasteiger partial charge in [-0.2, -0.15) is 0 Å². The van der Waals surface area contributed by atoms with Crippen molar-refractivity contribution < 1.29 is 9.59 Å². The van der Waals surface area contributed by atoms with E-state index in [1.54, 1.807) is 6.08 Å². The number of benzene rings is 1. The van der Waals surface area contributed by atoms with Crippen LogP contribution in [0, 0.1) is 0 Å². The van der Waals surface area contributed by atoms with Crippen LogP contribution in [0.15, 0.2) is 48.1 Å². The number of thiophene rings is 1. The molecule has 0 bridgehead atoms. The summed E-state index contributed by atoms with van der Waals surface area (Å²) in [6, 6.07) is 9.77. The van der Waals surface area contributed by atoms with E-state index in [-0.39, 0.29) is 11.7 Å². The summed E-state index contributed by atoms with van der Waals surface area (Å²) in [5, 5.41) is 12.6. The van der Waals surface area contributed by atoms with Gasteiger partial charge in [0.05, 0.1) is 11.3 Å². The number of amides is 2. The van der Waals surface area contributed by atoms with Crippen LogP contribution < -0.4 is 11.1 Å². The molecule has 0 spiro atoms. The lowest BCUT2D eigenvalue weighted by Gasteiger charge is -2.11. The Balaban J connectivity index is 1.49. The van der Waals surface area contributed by atoms with Crippen molar-refractivity contribution in [2.45, 2.75) is 37.4 Å². The minimum atomic E-state index is -0.486. The molecule has 1 aliphatic carbocycles. The molecule has 1 aromatic carbocycles. The molecule has 0 radical (unpaired) electrons. The number of anilines is 1. The maximum atomic E-state index is 12.7. The molecule has 2 aromatic heterocycles. The van der Waals surface area contributed by atoms with Crippen molar-refractivity contribution in [2.24, 2.45) is 5.73 Å². The summed E-state index contributed by atoms with van der Waals surface area (Å²) in [4.78, 5) is 25.8. The second kappa shape index (κ2) is 9.49. The van der Waals surface area contributed by atoms with E-state index in [1.165, 1.54) is 23.1 Å². The number of aromatic nitrogens is 3. The number of thioether (sulfide) groups is 1. The van der Waals surface area contributed by atoms with E-state index in [2.05, 4.69) is 22.1 Å². The average molecular weight is 454 g/mol. The van der Waals surface area contributed by atoms with Crippen molar-refractivity contribution in [1.82, 2.24) is 14.8 Å². The lowest BCUT2D eigenvalue weighted by atomic mass is 9.95. The Bertz CT molecular complexity index is 1120. The molecule has 0 saturated carbocycles. The highest BCUT2D eigenvalue weighted by molar-refractivity contribution is 7.99. The molecule has 160 valence electrons. The molecule has 0 saturated heterocycles. The SMILES string of the molecule is C=CCn1c(SCC(=O)Nc2sc3c(c2C(N)=O)CCCC3)nnc1-c1ccccc1. The summed E-state index contributed by atoms with van der Waals surface area (Å²) in [6.07, 6.45) is 5.67. The zero-order valence-corrected chi connectivity index (χ0v) is 18.6. The third-order valence-corrected chi connectivity index (χ3v) is 7.24. The van der Waals surface area contributed by atoms with Gasteiger partial charge < -0.3 is 11.1 Å². The van der Waals surface area contributed by atoms with Gasteiger partial charge in [0.15, 0.2) is 11.0 Å². The van der Waals surface area contributed by atoms with E-state index >= 15 is 0 Å². The normalized spacial score (nSPS) is 12.9. The highest BCUT2D eigenvalue weighted by Crippen LogP contribution is 2.38. The molecule has 3 N–H and O–H groups in total. The third-order valence-electron chi connectivity index (χ3n) is 5.06. The van der Waals surface area contributed by atoms with Crippen molar-refractivity contribution in [2.75, 3.05) is 11.1 Å². The molecule has 0 atom stereocenters. The first kappa shape index (κ1) is 21.3. The number of fused-ring (bicyclic) bond motifs is 1. The van der Waals surface area contributed by atoms with Crippen molar-refractivity contribution in [3.05, 3.63) is 59.0 Å². The molecule has 7 nitrogen and oxygen atoms in total. The second-order valence-electron chi connectivity index (χ2n) is 7.19. The number of carbonyl (C=O) groups excluding carboxylic acids is 2. The van der Waals surface area contributed by atoms with Gasteiger partial charge in [0.1, 0.15) is 5.00 Å². The fraction of sp³-hybridized carbons (Fsp3) is 0.273. The highest BCUT2D eigenvalue weighted by Gasteiger charge is 2.25. The summed E-state index contributed by atoms with van der Waals surface area (Å²) >= 11 is 2.76. The lowest BCUT2D eigenvalue weighted by molar-refractivity contribution is -0.113. The Morgan fingerprint density at radius 2 is 2.00 bits per heavy atom. The molecule has 2 amide bonds. The van der Waals surface area contributed by atoms with Crippen molar-refractivity contribution in [1.29, 1.82) is 0 Å². The zero-order valence-electron chi connectivity index (χ0n) is 17.0. The Labute approximate surface area is 188 Å². The van der Waals surface area contributed by atoms with Gasteiger partial charge in [-0.1, -0.05) is 48.2 Å². The number of nitrogens with one attached hydrogen (secondary N) is 1.